The van der Waals surface area contributed by atoms with Crippen molar-refractivity contribution < 1.29 is 26.3 Å². The van der Waals surface area contributed by atoms with Crippen molar-refractivity contribution in [1.82, 2.24) is 0 Å². The summed E-state index contributed by atoms with van der Waals surface area (Å²) in [7, 11) is 0. The van der Waals surface area contributed by atoms with Crippen LogP contribution in [0.25, 0.3) is 11.1 Å². The minimum atomic E-state index is -4.94. The van der Waals surface area contributed by atoms with E-state index in [0.29, 0.717) is 6.07 Å². The molecule has 0 saturated carbocycles. The molecule has 2 nitrogen and oxygen atoms in total. The largest absolute Gasteiger partial charge is 0.419 e. The molecule has 2 aromatic carbocycles. The SMILES string of the molecule is Nc1c(C(F)(F)F)cc(-c2ccccc2)c(C(F)(F)F)c1N. The summed E-state index contributed by atoms with van der Waals surface area (Å²) in [5.41, 5.74) is 4.72. The molecule has 2 rings (SSSR count). The van der Waals surface area contributed by atoms with Crippen LogP contribution in [-0.4, -0.2) is 0 Å². The lowest BCUT2D eigenvalue weighted by atomic mass is 9.93. The van der Waals surface area contributed by atoms with E-state index in [4.69, 9.17) is 11.5 Å². The predicted molar refractivity (Wildman–Crippen MR) is 70.7 cm³/mol. The number of nitrogen functional groups attached to an aromatic ring is 2. The van der Waals surface area contributed by atoms with Gasteiger partial charge in [0.2, 0.25) is 0 Å². The molecule has 118 valence electrons. The van der Waals surface area contributed by atoms with Crippen LogP contribution in [0.4, 0.5) is 37.7 Å². The predicted octanol–water partition coefficient (Wildman–Crippen LogP) is 4.56. The highest BCUT2D eigenvalue weighted by Gasteiger charge is 2.41. The van der Waals surface area contributed by atoms with E-state index in [0.717, 1.165) is 0 Å². The van der Waals surface area contributed by atoms with Crippen molar-refractivity contribution in [1.29, 1.82) is 0 Å². The molecule has 0 unspecified atom stereocenters. The number of rotatable bonds is 1. The van der Waals surface area contributed by atoms with Gasteiger partial charge in [-0.05, 0) is 17.2 Å². The highest BCUT2D eigenvalue weighted by Crippen LogP contribution is 2.47. The third-order valence-electron chi connectivity index (χ3n) is 3.08. The zero-order valence-corrected chi connectivity index (χ0v) is 10.9. The van der Waals surface area contributed by atoms with Crippen molar-refractivity contribution in [3.05, 3.63) is 47.5 Å². The fraction of sp³-hybridized carbons (Fsp3) is 0.143. The lowest BCUT2D eigenvalue weighted by Gasteiger charge is -2.21. The molecule has 8 heteroatoms. The van der Waals surface area contributed by atoms with E-state index in [2.05, 4.69) is 0 Å². The quantitative estimate of drug-likeness (QED) is 0.598. The number of hydrogen-bond acceptors (Lipinski definition) is 2. The van der Waals surface area contributed by atoms with Gasteiger partial charge in [0.1, 0.15) is 0 Å². The Labute approximate surface area is 121 Å². The molecular weight excluding hydrogens is 310 g/mol. The third-order valence-corrected chi connectivity index (χ3v) is 3.08. The first-order valence-corrected chi connectivity index (χ1v) is 5.95. The number of anilines is 2. The molecule has 2 aromatic rings. The monoisotopic (exact) mass is 320 g/mol. The molecule has 0 bridgehead atoms. The van der Waals surface area contributed by atoms with Crippen LogP contribution in [0.2, 0.25) is 0 Å². The van der Waals surface area contributed by atoms with Crippen LogP contribution >= 0.6 is 0 Å². The Morgan fingerprint density at radius 2 is 1.27 bits per heavy atom. The second kappa shape index (κ2) is 5.11. The third kappa shape index (κ3) is 2.81. The van der Waals surface area contributed by atoms with E-state index in [9.17, 15) is 26.3 Å². The van der Waals surface area contributed by atoms with Crippen LogP contribution in [-0.2, 0) is 12.4 Å². The van der Waals surface area contributed by atoms with Crippen LogP contribution in [0.15, 0.2) is 36.4 Å². The number of halogens is 6. The van der Waals surface area contributed by atoms with Gasteiger partial charge in [-0.3, -0.25) is 0 Å². The number of alkyl halides is 6. The standard InChI is InChI=1S/C14H10F6N2/c15-13(16,17)9-6-8(7-4-2-1-3-5-7)10(14(18,19)20)12(22)11(9)21/h1-6H,21-22H2. The summed E-state index contributed by atoms with van der Waals surface area (Å²) in [5.74, 6) is 0. The fourth-order valence-corrected chi connectivity index (χ4v) is 2.10. The molecule has 0 radical (unpaired) electrons. The first-order chi connectivity index (χ1) is 10.0. The summed E-state index contributed by atoms with van der Waals surface area (Å²) >= 11 is 0. The average molecular weight is 320 g/mol. The minimum Gasteiger partial charge on any atom is -0.397 e. The Hall–Kier alpha value is -2.38. The minimum absolute atomic E-state index is 0.0352. The van der Waals surface area contributed by atoms with E-state index in [1.807, 2.05) is 0 Å². The number of benzene rings is 2. The van der Waals surface area contributed by atoms with Crippen LogP contribution in [0.3, 0.4) is 0 Å². The Bertz CT molecular complexity index is 689. The van der Waals surface area contributed by atoms with Gasteiger partial charge in [0.25, 0.3) is 0 Å². The summed E-state index contributed by atoms with van der Waals surface area (Å²) < 4.78 is 78.4. The lowest BCUT2D eigenvalue weighted by Crippen LogP contribution is -2.17. The molecule has 0 aliphatic carbocycles. The van der Waals surface area contributed by atoms with Gasteiger partial charge in [-0.2, -0.15) is 26.3 Å². The van der Waals surface area contributed by atoms with Gasteiger partial charge in [-0.1, -0.05) is 30.3 Å². The second-order valence-corrected chi connectivity index (χ2v) is 4.54. The van der Waals surface area contributed by atoms with Crippen molar-refractivity contribution >= 4 is 11.4 Å². The van der Waals surface area contributed by atoms with Gasteiger partial charge in [0.05, 0.1) is 22.5 Å². The van der Waals surface area contributed by atoms with Crippen LogP contribution in [0, 0.1) is 0 Å². The van der Waals surface area contributed by atoms with Crippen molar-refractivity contribution in [3.8, 4) is 11.1 Å². The molecule has 0 heterocycles. The Kier molecular flexibility index (Phi) is 3.72. The fourth-order valence-electron chi connectivity index (χ4n) is 2.10. The first-order valence-electron chi connectivity index (χ1n) is 5.95. The van der Waals surface area contributed by atoms with Crippen molar-refractivity contribution in [3.63, 3.8) is 0 Å². The summed E-state index contributed by atoms with van der Waals surface area (Å²) in [6.07, 6.45) is -9.85. The van der Waals surface area contributed by atoms with E-state index < -0.39 is 40.4 Å². The molecule has 0 spiro atoms. The van der Waals surface area contributed by atoms with E-state index in [1.54, 1.807) is 0 Å². The van der Waals surface area contributed by atoms with Gasteiger partial charge in [-0.15, -0.1) is 0 Å². The summed E-state index contributed by atoms with van der Waals surface area (Å²) in [6.45, 7) is 0. The van der Waals surface area contributed by atoms with Crippen molar-refractivity contribution in [2.75, 3.05) is 11.5 Å². The van der Waals surface area contributed by atoms with E-state index in [1.165, 1.54) is 30.3 Å². The molecule has 0 saturated heterocycles. The highest BCUT2D eigenvalue weighted by molar-refractivity contribution is 5.83. The van der Waals surface area contributed by atoms with Crippen LogP contribution < -0.4 is 11.5 Å². The van der Waals surface area contributed by atoms with E-state index in [-0.39, 0.29) is 5.56 Å². The normalized spacial score (nSPS) is 12.5. The Morgan fingerprint density at radius 1 is 0.727 bits per heavy atom. The maximum atomic E-state index is 13.2. The zero-order valence-electron chi connectivity index (χ0n) is 10.9. The van der Waals surface area contributed by atoms with Gasteiger partial charge in [0.15, 0.2) is 0 Å². The zero-order chi connectivity index (χ0) is 16.7. The maximum Gasteiger partial charge on any atom is 0.419 e. The molecule has 0 amide bonds. The molecule has 22 heavy (non-hydrogen) atoms. The summed E-state index contributed by atoms with van der Waals surface area (Å²) in [5, 5.41) is 0. The smallest absolute Gasteiger partial charge is 0.397 e. The molecular formula is C14H10F6N2. The molecule has 0 aliphatic heterocycles. The Balaban J connectivity index is 2.88. The molecule has 4 N–H and O–H groups in total. The first kappa shape index (κ1) is 16.0. The number of nitrogens with two attached hydrogens (primary N) is 2. The lowest BCUT2D eigenvalue weighted by molar-refractivity contribution is -0.140. The van der Waals surface area contributed by atoms with Crippen molar-refractivity contribution in [2.45, 2.75) is 12.4 Å². The van der Waals surface area contributed by atoms with Crippen LogP contribution in [0.5, 0.6) is 0 Å². The molecule has 0 atom stereocenters. The number of hydrogen-bond donors (Lipinski definition) is 2. The van der Waals surface area contributed by atoms with Gasteiger partial charge in [-0.25, -0.2) is 0 Å². The summed E-state index contributed by atoms with van der Waals surface area (Å²) in [6, 6.07) is 7.26. The van der Waals surface area contributed by atoms with Gasteiger partial charge in [0, 0.05) is 0 Å². The topological polar surface area (TPSA) is 52.0 Å². The van der Waals surface area contributed by atoms with Gasteiger partial charge < -0.3 is 11.5 Å². The molecule has 0 fully saturated rings. The maximum absolute atomic E-state index is 13.2. The Morgan fingerprint density at radius 3 is 1.73 bits per heavy atom. The average Bonchev–Trinajstić information content (AvgIpc) is 2.39. The summed E-state index contributed by atoms with van der Waals surface area (Å²) in [4.78, 5) is 0. The highest BCUT2D eigenvalue weighted by atomic mass is 19.4. The van der Waals surface area contributed by atoms with E-state index >= 15 is 0 Å². The van der Waals surface area contributed by atoms with Crippen molar-refractivity contribution in [2.24, 2.45) is 0 Å². The second-order valence-electron chi connectivity index (χ2n) is 4.54. The molecule has 0 aliphatic rings. The van der Waals surface area contributed by atoms with Crippen LogP contribution in [0.1, 0.15) is 11.1 Å². The molecule has 0 aromatic heterocycles. The van der Waals surface area contributed by atoms with Gasteiger partial charge >= 0.3 is 12.4 Å².